The van der Waals surface area contributed by atoms with Crippen molar-refractivity contribution in [1.82, 2.24) is 15.6 Å². The summed E-state index contributed by atoms with van der Waals surface area (Å²) in [6.45, 7) is 0.837. The highest BCUT2D eigenvalue weighted by molar-refractivity contribution is 7.09. The van der Waals surface area contributed by atoms with E-state index in [-0.39, 0.29) is 5.69 Å². The molecule has 1 aromatic rings. The molecule has 2 amide bonds. The second-order valence-electron chi connectivity index (χ2n) is 3.34. The normalized spacial score (nSPS) is 12.2. The molecule has 1 aromatic heterocycles. The number of urea groups is 1. The van der Waals surface area contributed by atoms with Crippen molar-refractivity contribution in [2.45, 2.75) is 19.4 Å². The zero-order valence-corrected chi connectivity index (χ0v) is 10.1. The number of alkyl halides is 2. The number of halogens is 2. The lowest BCUT2D eigenvalue weighted by atomic mass is 10.3. The maximum absolute atomic E-state index is 11.8. The molecule has 0 aliphatic heterocycles. The maximum Gasteiger partial charge on any atom is 0.355 e. The molecule has 1 rings (SSSR count). The van der Waals surface area contributed by atoms with Gasteiger partial charge < -0.3 is 15.7 Å². The number of hydrogen-bond donors (Lipinski definition) is 3. The fourth-order valence-corrected chi connectivity index (χ4v) is 1.86. The highest BCUT2D eigenvalue weighted by Crippen LogP contribution is 2.17. The molecule has 0 bridgehead atoms. The Morgan fingerprint density at radius 2 is 2.22 bits per heavy atom. The van der Waals surface area contributed by atoms with Crippen molar-refractivity contribution in [1.29, 1.82) is 0 Å². The average Bonchev–Trinajstić information content (AvgIpc) is 2.75. The van der Waals surface area contributed by atoms with Gasteiger partial charge in [0.1, 0.15) is 5.01 Å². The number of carboxylic acid groups (broad SMARTS) is 1. The molecular weight excluding hydrogens is 268 g/mol. The molecule has 0 radical (unpaired) electrons. The van der Waals surface area contributed by atoms with Gasteiger partial charge in [-0.25, -0.2) is 23.4 Å². The Bertz CT molecular complexity index is 438. The quantitative estimate of drug-likeness (QED) is 0.761. The Morgan fingerprint density at radius 1 is 1.56 bits per heavy atom. The van der Waals surface area contributed by atoms with E-state index in [1.54, 1.807) is 6.92 Å². The summed E-state index contributed by atoms with van der Waals surface area (Å²) >= 11 is 1.07. The highest BCUT2D eigenvalue weighted by Gasteiger charge is 2.16. The molecule has 1 unspecified atom stereocenters. The molecule has 9 heteroatoms. The molecule has 0 aliphatic rings. The van der Waals surface area contributed by atoms with Gasteiger partial charge in [-0.05, 0) is 6.92 Å². The smallest absolute Gasteiger partial charge is 0.355 e. The number of carbonyl (C=O) groups excluding carboxylic acids is 1. The van der Waals surface area contributed by atoms with E-state index >= 15 is 0 Å². The number of aromatic carboxylic acids is 1. The van der Waals surface area contributed by atoms with E-state index in [1.807, 2.05) is 5.32 Å². The fourth-order valence-electron chi connectivity index (χ4n) is 1.06. The maximum atomic E-state index is 11.8. The first-order valence-corrected chi connectivity index (χ1v) is 5.79. The van der Waals surface area contributed by atoms with Crippen LogP contribution in [-0.4, -0.2) is 35.1 Å². The molecule has 1 heterocycles. The Hall–Kier alpha value is -1.77. The Morgan fingerprint density at radius 3 is 2.72 bits per heavy atom. The Kier molecular flexibility index (Phi) is 4.95. The van der Waals surface area contributed by atoms with E-state index in [9.17, 15) is 18.4 Å². The van der Waals surface area contributed by atoms with Crippen LogP contribution in [0.15, 0.2) is 5.38 Å². The van der Waals surface area contributed by atoms with Gasteiger partial charge >= 0.3 is 12.0 Å². The summed E-state index contributed by atoms with van der Waals surface area (Å²) in [6.07, 6.45) is -2.62. The SMILES string of the molecule is CC(NC(=O)NCC(F)F)c1nc(C(=O)O)cs1. The van der Waals surface area contributed by atoms with E-state index in [2.05, 4.69) is 10.3 Å². The van der Waals surface area contributed by atoms with Crippen molar-refractivity contribution in [2.75, 3.05) is 6.54 Å². The molecule has 0 fully saturated rings. The molecule has 6 nitrogen and oxygen atoms in total. The van der Waals surface area contributed by atoms with Crippen LogP contribution in [0, 0.1) is 0 Å². The van der Waals surface area contributed by atoms with E-state index < -0.39 is 31.0 Å². The molecule has 0 saturated carbocycles. The summed E-state index contributed by atoms with van der Waals surface area (Å²) < 4.78 is 23.7. The minimum absolute atomic E-state index is 0.114. The number of amides is 2. The van der Waals surface area contributed by atoms with E-state index in [0.717, 1.165) is 11.3 Å². The highest BCUT2D eigenvalue weighted by atomic mass is 32.1. The number of rotatable bonds is 5. The van der Waals surface area contributed by atoms with Crippen LogP contribution in [-0.2, 0) is 0 Å². The second kappa shape index (κ2) is 6.24. The van der Waals surface area contributed by atoms with Crippen molar-refractivity contribution in [3.05, 3.63) is 16.1 Å². The molecule has 0 aliphatic carbocycles. The second-order valence-corrected chi connectivity index (χ2v) is 4.23. The molecular formula is C9H11F2N3O3S. The van der Waals surface area contributed by atoms with Crippen LogP contribution in [0.1, 0.15) is 28.5 Å². The molecule has 100 valence electrons. The van der Waals surface area contributed by atoms with Crippen LogP contribution in [0.2, 0.25) is 0 Å². The van der Waals surface area contributed by atoms with Gasteiger partial charge in [-0.15, -0.1) is 11.3 Å². The van der Waals surface area contributed by atoms with Gasteiger partial charge in [0.25, 0.3) is 6.43 Å². The summed E-state index contributed by atoms with van der Waals surface area (Å²) in [5.74, 6) is -1.16. The van der Waals surface area contributed by atoms with Gasteiger partial charge in [-0.2, -0.15) is 0 Å². The van der Waals surface area contributed by atoms with Crippen molar-refractivity contribution in [2.24, 2.45) is 0 Å². The van der Waals surface area contributed by atoms with Gasteiger partial charge in [-0.3, -0.25) is 0 Å². The summed E-state index contributed by atoms with van der Waals surface area (Å²) in [5.41, 5.74) is -0.114. The van der Waals surface area contributed by atoms with Crippen molar-refractivity contribution in [3.8, 4) is 0 Å². The molecule has 1 atom stereocenters. The number of nitrogens with zero attached hydrogens (tertiary/aromatic N) is 1. The van der Waals surface area contributed by atoms with Gasteiger partial charge in [0.2, 0.25) is 0 Å². The monoisotopic (exact) mass is 279 g/mol. The number of thiazole rings is 1. The van der Waals surface area contributed by atoms with Crippen LogP contribution in [0.3, 0.4) is 0 Å². The van der Waals surface area contributed by atoms with Gasteiger partial charge in [-0.1, -0.05) is 0 Å². The molecule has 3 N–H and O–H groups in total. The van der Waals surface area contributed by atoms with Gasteiger partial charge in [0.05, 0.1) is 12.6 Å². The Balaban J connectivity index is 2.51. The fraction of sp³-hybridized carbons (Fsp3) is 0.444. The number of hydrogen-bond acceptors (Lipinski definition) is 4. The number of carboxylic acids is 1. The summed E-state index contributed by atoms with van der Waals surface area (Å²) in [4.78, 5) is 25.6. The van der Waals surface area contributed by atoms with Crippen LogP contribution >= 0.6 is 11.3 Å². The van der Waals surface area contributed by atoms with E-state index in [4.69, 9.17) is 5.11 Å². The van der Waals surface area contributed by atoms with Crippen LogP contribution in [0.5, 0.6) is 0 Å². The lowest BCUT2D eigenvalue weighted by Crippen LogP contribution is -2.39. The Labute approximate surface area is 105 Å². The van der Waals surface area contributed by atoms with Crippen molar-refractivity contribution >= 4 is 23.3 Å². The minimum atomic E-state index is -2.62. The molecule has 18 heavy (non-hydrogen) atoms. The topological polar surface area (TPSA) is 91.3 Å². The molecule has 0 spiro atoms. The predicted molar refractivity (Wildman–Crippen MR) is 60.0 cm³/mol. The van der Waals surface area contributed by atoms with Crippen LogP contribution in [0.4, 0.5) is 13.6 Å². The van der Waals surface area contributed by atoms with Crippen molar-refractivity contribution < 1.29 is 23.5 Å². The summed E-state index contributed by atoms with van der Waals surface area (Å²) in [6, 6.07) is -1.31. The number of nitrogens with one attached hydrogen (secondary N) is 2. The average molecular weight is 279 g/mol. The first kappa shape index (κ1) is 14.3. The van der Waals surface area contributed by atoms with Crippen LogP contribution in [0.25, 0.3) is 0 Å². The third-order valence-electron chi connectivity index (χ3n) is 1.88. The zero-order chi connectivity index (χ0) is 13.7. The first-order chi connectivity index (χ1) is 8.40. The predicted octanol–water partition coefficient (Wildman–Crippen LogP) is 1.47. The number of carbonyl (C=O) groups is 2. The third kappa shape index (κ3) is 4.24. The molecule has 0 saturated heterocycles. The summed E-state index contributed by atoms with van der Waals surface area (Å²) in [7, 11) is 0. The number of aromatic nitrogens is 1. The van der Waals surface area contributed by atoms with Gasteiger partial charge in [0, 0.05) is 5.38 Å². The third-order valence-corrected chi connectivity index (χ3v) is 2.90. The van der Waals surface area contributed by atoms with Crippen LogP contribution < -0.4 is 10.6 Å². The largest absolute Gasteiger partial charge is 0.476 e. The van der Waals surface area contributed by atoms with Gasteiger partial charge in [0.15, 0.2) is 5.69 Å². The molecule has 0 aromatic carbocycles. The zero-order valence-electron chi connectivity index (χ0n) is 9.31. The van der Waals surface area contributed by atoms with E-state index in [0.29, 0.717) is 5.01 Å². The standard InChI is InChI=1S/C9H11F2N3O3S/c1-4(13-9(17)12-2-6(10)11)7-14-5(3-18-7)8(15)16/h3-4,6H,2H2,1H3,(H,15,16)(H2,12,13,17). The lowest BCUT2D eigenvalue weighted by molar-refractivity contribution is 0.0691. The summed E-state index contributed by atoms with van der Waals surface area (Å²) in [5, 5.41) is 14.7. The van der Waals surface area contributed by atoms with E-state index in [1.165, 1.54) is 5.38 Å². The first-order valence-electron chi connectivity index (χ1n) is 4.91. The van der Waals surface area contributed by atoms with Crippen molar-refractivity contribution in [3.63, 3.8) is 0 Å². The minimum Gasteiger partial charge on any atom is -0.476 e. The lowest BCUT2D eigenvalue weighted by Gasteiger charge is -2.11.